The van der Waals surface area contributed by atoms with Gasteiger partial charge < -0.3 is 14.8 Å². The van der Waals surface area contributed by atoms with Crippen LogP contribution in [0.3, 0.4) is 0 Å². The van der Waals surface area contributed by atoms with Crippen LogP contribution in [-0.2, 0) is 12.8 Å². The lowest BCUT2D eigenvalue weighted by atomic mass is 9.94. The van der Waals surface area contributed by atoms with Gasteiger partial charge in [-0.25, -0.2) is 0 Å². The van der Waals surface area contributed by atoms with Crippen molar-refractivity contribution in [1.29, 1.82) is 0 Å². The van der Waals surface area contributed by atoms with Crippen molar-refractivity contribution in [3.8, 4) is 11.5 Å². The van der Waals surface area contributed by atoms with E-state index < -0.39 is 17.8 Å². The van der Waals surface area contributed by atoms with Gasteiger partial charge in [0.1, 0.15) is 6.61 Å². The van der Waals surface area contributed by atoms with Crippen LogP contribution in [0.25, 0.3) is 0 Å². The molecule has 0 saturated carbocycles. The van der Waals surface area contributed by atoms with E-state index in [1.165, 1.54) is 6.07 Å². The third kappa shape index (κ3) is 6.28. The molecule has 1 unspecified atom stereocenters. The second-order valence-corrected chi connectivity index (χ2v) is 8.75. The molecule has 1 heterocycles. The van der Waals surface area contributed by atoms with Crippen molar-refractivity contribution in [2.75, 3.05) is 32.8 Å². The van der Waals surface area contributed by atoms with Gasteiger partial charge in [-0.05, 0) is 47.9 Å². The van der Waals surface area contributed by atoms with Crippen LogP contribution in [0.15, 0.2) is 66.7 Å². The first-order chi connectivity index (χ1) is 16.9. The summed E-state index contributed by atoms with van der Waals surface area (Å²) < 4.78 is 52.8. The van der Waals surface area contributed by atoms with Crippen molar-refractivity contribution in [1.82, 2.24) is 10.2 Å². The highest BCUT2D eigenvalue weighted by molar-refractivity contribution is 6.31. The molecule has 0 aliphatic carbocycles. The molecular formula is C27H28ClF3N2O2. The zero-order valence-corrected chi connectivity index (χ0v) is 20.2. The van der Waals surface area contributed by atoms with Crippen molar-refractivity contribution < 1.29 is 22.6 Å². The third-order valence-corrected chi connectivity index (χ3v) is 6.28. The first kappa shape index (κ1) is 25.4. The molecule has 186 valence electrons. The number of hydrogen-bond donors (Lipinski definition) is 1. The Morgan fingerprint density at radius 2 is 1.60 bits per heavy atom. The standard InChI is InChI=1S/C27H28ClF3N2O2/c1-2-34-25-17-21(9-11-24(25)35-18-19-6-4-3-5-7-19)26(33-14-12-32-13-15-33)20-8-10-23(28)22(16-20)27(29,30)31/h3-11,16-17,26,32H,2,12-15,18H2,1H3. The molecule has 8 heteroatoms. The number of hydrogen-bond acceptors (Lipinski definition) is 4. The fourth-order valence-corrected chi connectivity index (χ4v) is 4.53. The molecule has 3 aromatic rings. The highest BCUT2D eigenvalue weighted by Gasteiger charge is 2.35. The number of piperazine rings is 1. The molecule has 1 saturated heterocycles. The molecule has 1 aliphatic heterocycles. The number of ether oxygens (including phenoxy) is 2. The summed E-state index contributed by atoms with van der Waals surface area (Å²) in [5.74, 6) is 1.15. The fraction of sp³-hybridized carbons (Fsp3) is 0.333. The lowest BCUT2D eigenvalue weighted by Gasteiger charge is -2.36. The maximum Gasteiger partial charge on any atom is 0.417 e. The highest BCUT2D eigenvalue weighted by atomic mass is 35.5. The van der Waals surface area contributed by atoms with Gasteiger partial charge in [0.05, 0.1) is 23.2 Å². The van der Waals surface area contributed by atoms with Gasteiger partial charge in [0.15, 0.2) is 11.5 Å². The SMILES string of the molecule is CCOc1cc(C(c2ccc(Cl)c(C(F)(F)F)c2)N2CCNCC2)ccc1OCc1ccccc1. The predicted octanol–water partition coefficient (Wildman–Crippen LogP) is 6.33. The number of nitrogens with zero attached hydrogens (tertiary/aromatic N) is 1. The Kier molecular flexibility index (Phi) is 8.21. The van der Waals surface area contributed by atoms with E-state index >= 15 is 0 Å². The zero-order chi connectivity index (χ0) is 24.8. The Hall–Kier alpha value is -2.74. The fourth-order valence-electron chi connectivity index (χ4n) is 4.30. The van der Waals surface area contributed by atoms with Crippen LogP contribution in [0.5, 0.6) is 11.5 Å². The van der Waals surface area contributed by atoms with E-state index in [0.29, 0.717) is 43.4 Å². The highest BCUT2D eigenvalue weighted by Crippen LogP contribution is 2.40. The van der Waals surface area contributed by atoms with E-state index in [2.05, 4.69) is 10.2 Å². The molecule has 1 fully saturated rings. The number of nitrogens with one attached hydrogen (secondary N) is 1. The van der Waals surface area contributed by atoms with Gasteiger partial charge in [-0.2, -0.15) is 13.2 Å². The molecule has 4 rings (SSSR count). The lowest BCUT2D eigenvalue weighted by molar-refractivity contribution is -0.137. The van der Waals surface area contributed by atoms with Crippen LogP contribution >= 0.6 is 11.6 Å². The summed E-state index contributed by atoms with van der Waals surface area (Å²) in [5.41, 5.74) is 1.56. The minimum atomic E-state index is -4.54. The van der Waals surface area contributed by atoms with E-state index in [-0.39, 0.29) is 5.02 Å². The van der Waals surface area contributed by atoms with Crippen molar-refractivity contribution in [2.45, 2.75) is 25.7 Å². The minimum absolute atomic E-state index is 0.306. The van der Waals surface area contributed by atoms with Crippen molar-refractivity contribution in [3.05, 3.63) is 94.0 Å². The van der Waals surface area contributed by atoms with Crippen LogP contribution in [-0.4, -0.2) is 37.7 Å². The molecule has 0 bridgehead atoms. The first-order valence-electron chi connectivity index (χ1n) is 11.6. The smallest absolute Gasteiger partial charge is 0.417 e. The Morgan fingerprint density at radius 1 is 0.914 bits per heavy atom. The van der Waals surface area contributed by atoms with E-state index in [4.69, 9.17) is 21.1 Å². The maximum absolute atomic E-state index is 13.6. The van der Waals surface area contributed by atoms with Gasteiger partial charge in [-0.1, -0.05) is 54.1 Å². The van der Waals surface area contributed by atoms with Crippen LogP contribution in [0.2, 0.25) is 5.02 Å². The molecule has 0 spiro atoms. The van der Waals surface area contributed by atoms with E-state index in [1.54, 1.807) is 6.07 Å². The first-order valence-corrected chi connectivity index (χ1v) is 12.0. The average molecular weight is 505 g/mol. The van der Waals surface area contributed by atoms with E-state index in [1.807, 2.05) is 55.5 Å². The summed E-state index contributed by atoms with van der Waals surface area (Å²) in [5, 5.41) is 3.00. The summed E-state index contributed by atoms with van der Waals surface area (Å²) in [6, 6.07) is 19.2. The van der Waals surface area contributed by atoms with Gasteiger partial charge in [0, 0.05) is 26.2 Å². The van der Waals surface area contributed by atoms with Crippen molar-refractivity contribution in [3.63, 3.8) is 0 Å². The van der Waals surface area contributed by atoms with Gasteiger partial charge >= 0.3 is 6.18 Å². The van der Waals surface area contributed by atoms with E-state index in [9.17, 15) is 13.2 Å². The summed E-state index contributed by atoms with van der Waals surface area (Å²) in [7, 11) is 0. The predicted molar refractivity (Wildman–Crippen MR) is 131 cm³/mol. The molecule has 35 heavy (non-hydrogen) atoms. The van der Waals surface area contributed by atoms with Crippen LogP contribution in [0.4, 0.5) is 13.2 Å². The molecular weight excluding hydrogens is 477 g/mol. The Morgan fingerprint density at radius 3 is 2.29 bits per heavy atom. The molecule has 3 aromatic carbocycles. The lowest BCUT2D eigenvalue weighted by Crippen LogP contribution is -2.45. The molecule has 0 amide bonds. The number of halogens is 4. The summed E-state index contributed by atoms with van der Waals surface area (Å²) in [6.07, 6.45) is -4.54. The molecule has 4 nitrogen and oxygen atoms in total. The Bertz CT molecular complexity index is 1120. The molecule has 1 aliphatic rings. The Labute approximate surface area is 208 Å². The Balaban J connectivity index is 1.71. The largest absolute Gasteiger partial charge is 0.490 e. The van der Waals surface area contributed by atoms with Gasteiger partial charge in [-0.15, -0.1) is 0 Å². The monoisotopic (exact) mass is 504 g/mol. The van der Waals surface area contributed by atoms with Crippen LogP contribution in [0.1, 0.15) is 35.2 Å². The summed E-state index contributed by atoms with van der Waals surface area (Å²) in [4.78, 5) is 2.18. The summed E-state index contributed by atoms with van der Waals surface area (Å²) in [6.45, 7) is 5.61. The topological polar surface area (TPSA) is 33.7 Å². The quantitative estimate of drug-likeness (QED) is 0.388. The number of rotatable bonds is 8. The number of benzene rings is 3. The van der Waals surface area contributed by atoms with Crippen LogP contribution < -0.4 is 14.8 Å². The van der Waals surface area contributed by atoms with Gasteiger partial charge in [0.2, 0.25) is 0 Å². The normalized spacial score (nSPS) is 15.6. The van der Waals surface area contributed by atoms with Crippen LogP contribution in [0, 0.1) is 0 Å². The number of alkyl halides is 3. The van der Waals surface area contributed by atoms with Crippen molar-refractivity contribution in [2.24, 2.45) is 0 Å². The molecule has 1 N–H and O–H groups in total. The van der Waals surface area contributed by atoms with Gasteiger partial charge in [0.25, 0.3) is 0 Å². The van der Waals surface area contributed by atoms with Crippen molar-refractivity contribution >= 4 is 11.6 Å². The summed E-state index contributed by atoms with van der Waals surface area (Å²) >= 11 is 5.91. The molecule has 0 aromatic heterocycles. The average Bonchev–Trinajstić information content (AvgIpc) is 2.85. The second-order valence-electron chi connectivity index (χ2n) is 8.34. The van der Waals surface area contributed by atoms with E-state index in [0.717, 1.165) is 30.3 Å². The molecule has 0 radical (unpaired) electrons. The van der Waals surface area contributed by atoms with Gasteiger partial charge in [-0.3, -0.25) is 4.90 Å². The second kappa shape index (κ2) is 11.3. The third-order valence-electron chi connectivity index (χ3n) is 5.95. The maximum atomic E-state index is 13.6. The minimum Gasteiger partial charge on any atom is -0.490 e. The molecule has 1 atom stereocenters. The zero-order valence-electron chi connectivity index (χ0n) is 19.4.